The van der Waals surface area contributed by atoms with Crippen LogP contribution in [-0.2, 0) is 7.05 Å². The van der Waals surface area contributed by atoms with Crippen molar-refractivity contribution >= 4 is 11.6 Å². The number of aromatic nitrogens is 4. The van der Waals surface area contributed by atoms with Crippen molar-refractivity contribution in [3.05, 3.63) is 17.2 Å². The van der Waals surface area contributed by atoms with Crippen LogP contribution in [0.25, 0.3) is 11.5 Å². The fourth-order valence-corrected chi connectivity index (χ4v) is 1.13. The molecule has 0 amide bonds. The van der Waals surface area contributed by atoms with Crippen LogP contribution in [0.3, 0.4) is 0 Å². The third-order valence-electron chi connectivity index (χ3n) is 1.87. The molecule has 13 heavy (non-hydrogen) atoms. The molecule has 0 spiro atoms. The zero-order chi connectivity index (χ0) is 9.42. The highest BCUT2D eigenvalue weighted by Crippen LogP contribution is 2.22. The Bertz CT molecular complexity index is 433. The predicted molar refractivity (Wildman–Crippen MR) is 46.2 cm³/mol. The van der Waals surface area contributed by atoms with Gasteiger partial charge in [-0.25, -0.2) is 0 Å². The van der Waals surface area contributed by atoms with Gasteiger partial charge in [0.05, 0.1) is 11.8 Å². The third-order valence-corrected chi connectivity index (χ3v) is 2.02. The van der Waals surface area contributed by atoms with Gasteiger partial charge in [0.1, 0.15) is 0 Å². The molecule has 0 unspecified atom stereocenters. The quantitative estimate of drug-likeness (QED) is 0.696. The third kappa shape index (κ3) is 1.31. The molecule has 2 heterocycles. The van der Waals surface area contributed by atoms with E-state index in [1.54, 1.807) is 10.9 Å². The Hall–Kier alpha value is -1.36. The van der Waals surface area contributed by atoms with E-state index >= 15 is 0 Å². The number of rotatable bonds is 1. The lowest BCUT2D eigenvalue weighted by atomic mass is 10.3. The molecule has 0 radical (unpaired) electrons. The summed E-state index contributed by atoms with van der Waals surface area (Å²) in [6.45, 7) is 1.92. The topological polar surface area (TPSA) is 56.7 Å². The van der Waals surface area contributed by atoms with Gasteiger partial charge in [-0.3, -0.25) is 4.68 Å². The Kier molecular flexibility index (Phi) is 1.81. The van der Waals surface area contributed by atoms with Crippen LogP contribution in [0, 0.1) is 6.92 Å². The van der Waals surface area contributed by atoms with E-state index in [1.165, 1.54) is 0 Å². The molecule has 5 nitrogen and oxygen atoms in total. The van der Waals surface area contributed by atoms with E-state index in [-0.39, 0.29) is 5.35 Å². The molecule has 6 heteroatoms. The second kappa shape index (κ2) is 2.85. The first-order chi connectivity index (χ1) is 6.18. The van der Waals surface area contributed by atoms with E-state index in [4.69, 9.17) is 16.0 Å². The molecule has 0 N–H and O–H groups in total. The first-order valence-electron chi connectivity index (χ1n) is 3.66. The lowest BCUT2D eigenvalue weighted by Crippen LogP contribution is -1.92. The van der Waals surface area contributed by atoms with E-state index in [0.717, 1.165) is 11.3 Å². The number of hydrogen-bond donors (Lipinski definition) is 0. The fraction of sp³-hybridized carbons (Fsp3) is 0.286. The molecular formula is C7H7ClN4O. The van der Waals surface area contributed by atoms with Gasteiger partial charge in [0.15, 0.2) is 0 Å². The van der Waals surface area contributed by atoms with Crippen LogP contribution in [0.4, 0.5) is 0 Å². The highest BCUT2D eigenvalue weighted by molar-refractivity contribution is 6.27. The van der Waals surface area contributed by atoms with Crippen LogP contribution in [0.2, 0.25) is 5.35 Å². The number of halogens is 1. The first kappa shape index (κ1) is 8.25. The largest absolute Gasteiger partial charge is 0.407 e. The van der Waals surface area contributed by atoms with Crippen LogP contribution >= 0.6 is 11.6 Å². The van der Waals surface area contributed by atoms with Gasteiger partial charge in [-0.15, -0.1) is 5.10 Å². The maximum absolute atomic E-state index is 5.50. The molecule has 0 aliphatic rings. The average molecular weight is 199 g/mol. The predicted octanol–water partition coefficient (Wildman–Crippen LogP) is 1.43. The summed E-state index contributed by atoms with van der Waals surface area (Å²) in [6.07, 6.45) is 1.67. The molecule has 68 valence electrons. The number of aryl methyl sites for hydroxylation is 1. The molecule has 0 saturated carbocycles. The van der Waals surface area contributed by atoms with Crippen molar-refractivity contribution in [2.24, 2.45) is 7.05 Å². The summed E-state index contributed by atoms with van der Waals surface area (Å²) in [5.74, 6) is 0.399. The van der Waals surface area contributed by atoms with Crippen molar-refractivity contribution in [1.82, 2.24) is 20.0 Å². The molecule has 0 bridgehead atoms. The van der Waals surface area contributed by atoms with Crippen LogP contribution in [0.5, 0.6) is 0 Å². The molecule has 2 aromatic rings. The first-order valence-corrected chi connectivity index (χ1v) is 4.04. The van der Waals surface area contributed by atoms with Gasteiger partial charge >= 0.3 is 5.35 Å². The van der Waals surface area contributed by atoms with Crippen molar-refractivity contribution in [2.45, 2.75) is 6.92 Å². The standard InChI is InChI=1S/C7H7ClN4O/c1-4-5(3-9-12(4)2)6-10-11-7(8)13-6/h3H,1-2H3. The zero-order valence-corrected chi connectivity index (χ0v) is 7.91. The van der Waals surface area contributed by atoms with Crippen molar-refractivity contribution in [1.29, 1.82) is 0 Å². The van der Waals surface area contributed by atoms with Crippen molar-refractivity contribution in [3.8, 4) is 11.5 Å². The molecule has 2 aromatic heterocycles. The van der Waals surface area contributed by atoms with Gasteiger partial charge in [-0.05, 0) is 18.5 Å². The van der Waals surface area contributed by atoms with Gasteiger partial charge in [0.2, 0.25) is 0 Å². The average Bonchev–Trinajstić information content (AvgIpc) is 2.62. The molecule has 0 aromatic carbocycles. The lowest BCUT2D eigenvalue weighted by molar-refractivity contribution is 0.570. The second-order valence-corrected chi connectivity index (χ2v) is 2.95. The molecule has 0 aliphatic heterocycles. The maximum Gasteiger partial charge on any atom is 0.313 e. The summed E-state index contributed by atoms with van der Waals surface area (Å²) in [4.78, 5) is 0. The van der Waals surface area contributed by atoms with E-state index in [9.17, 15) is 0 Å². The Morgan fingerprint density at radius 2 is 2.23 bits per heavy atom. The molecule has 0 atom stereocenters. The Balaban J connectivity index is 2.52. The minimum atomic E-state index is 0.0400. The summed E-state index contributed by atoms with van der Waals surface area (Å²) >= 11 is 5.50. The highest BCUT2D eigenvalue weighted by atomic mass is 35.5. The van der Waals surface area contributed by atoms with Crippen molar-refractivity contribution in [3.63, 3.8) is 0 Å². The van der Waals surface area contributed by atoms with E-state index in [0.29, 0.717) is 5.89 Å². The Morgan fingerprint density at radius 3 is 2.69 bits per heavy atom. The van der Waals surface area contributed by atoms with Gasteiger partial charge in [-0.1, -0.05) is 5.10 Å². The highest BCUT2D eigenvalue weighted by Gasteiger charge is 2.12. The maximum atomic E-state index is 5.50. The minimum absolute atomic E-state index is 0.0400. The fourth-order valence-electron chi connectivity index (χ4n) is 1.02. The van der Waals surface area contributed by atoms with Gasteiger partial charge in [-0.2, -0.15) is 5.10 Å². The summed E-state index contributed by atoms with van der Waals surface area (Å²) < 4.78 is 6.78. The minimum Gasteiger partial charge on any atom is -0.407 e. The van der Waals surface area contributed by atoms with Crippen LogP contribution in [-0.4, -0.2) is 20.0 Å². The van der Waals surface area contributed by atoms with Gasteiger partial charge < -0.3 is 4.42 Å². The molecule has 0 fully saturated rings. The summed E-state index contributed by atoms with van der Waals surface area (Å²) in [7, 11) is 1.84. The van der Waals surface area contributed by atoms with Crippen LogP contribution in [0.1, 0.15) is 5.69 Å². The Morgan fingerprint density at radius 1 is 1.46 bits per heavy atom. The van der Waals surface area contributed by atoms with Crippen LogP contribution < -0.4 is 0 Å². The molecule has 0 aliphatic carbocycles. The smallest absolute Gasteiger partial charge is 0.313 e. The van der Waals surface area contributed by atoms with Crippen LogP contribution in [0.15, 0.2) is 10.6 Å². The van der Waals surface area contributed by atoms with E-state index in [1.807, 2.05) is 14.0 Å². The van der Waals surface area contributed by atoms with Crippen molar-refractivity contribution in [2.75, 3.05) is 0 Å². The normalized spacial score (nSPS) is 10.7. The number of hydrogen-bond acceptors (Lipinski definition) is 4. The SMILES string of the molecule is Cc1c(-c2nnc(Cl)o2)cnn1C. The number of nitrogens with zero attached hydrogens (tertiary/aromatic N) is 4. The second-order valence-electron chi connectivity index (χ2n) is 2.63. The summed E-state index contributed by atoms with van der Waals surface area (Å²) in [5, 5.41) is 11.4. The Labute approximate surface area is 79.3 Å². The lowest BCUT2D eigenvalue weighted by Gasteiger charge is -1.93. The molecule has 2 rings (SSSR count). The van der Waals surface area contributed by atoms with Gasteiger partial charge in [0.25, 0.3) is 5.89 Å². The van der Waals surface area contributed by atoms with Gasteiger partial charge in [0, 0.05) is 12.7 Å². The van der Waals surface area contributed by atoms with Crippen molar-refractivity contribution < 1.29 is 4.42 Å². The van der Waals surface area contributed by atoms with E-state index in [2.05, 4.69) is 15.3 Å². The molecule has 0 saturated heterocycles. The van der Waals surface area contributed by atoms with E-state index < -0.39 is 0 Å². The summed E-state index contributed by atoms with van der Waals surface area (Å²) in [5.41, 5.74) is 1.77. The summed E-state index contributed by atoms with van der Waals surface area (Å²) in [6, 6.07) is 0. The zero-order valence-electron chi connectivity index (χ0n) is 7.15. The molecular weight excluding hydrogens is 192 g/mol. The monoisotopic (exact) mass is 198 g/mol.